The van der Waals surface area contributed by atoms with Gasteiger partial charge in [0, 0.05) is 58.3 Å². The van der Waals surface area contributed by atoms with Gasteiger partial charge in [0.1, 0.15) is 5.75 Å². The third-order valence-corrected chi connectivity index (χ3v) is 5.89. The number of amides is 1. The fourth-order valence-electron chi connectivity index (χ4n) is 4.36. The summed E-state index contributed by atoms with van der Waals surface area (Å²) in [5.41, 5.74) is 6.82. The van der Waals surface area contributed by atoms with Gasteiger partial charge < -0.3 is 19.6 Å². The fraction of sp³-hybridized carbons (Fsp3) is 0.261. The zero-order valence-corrected chi connectivity index (χ0v) is 16.1. The summed E-state index contributed by atoms with van der Waals surface area (Å²) < 4.78 is 5.38. The maximum Gasteiger partial charge on any atom is 0.227 e. The van der Waals surface area contributed by atoms with Crippen LogP contribution < -0.4 is 4.74 Å². The minimum absolute atomic E-state index is 0.177. The summed E-state index contributed by atoms with van der Waals surface area (Å²) in [5.74, 6) is 1.02. The van der Waals surface area contributed by atoms with Gasteiger partial charge in [-0.15, -0.1) is 0 Å². The zero-order chi connectivity index (χ0) is 19.3. The van der Waals surface area contributed by atoms with E-state index in [1.54, 1.807) is 7.11 Å². The van der Waals surface area contributed by atoms with E-state index in [2.05, 4.69) is 28.2 Å². The number of fused-ring (bicyclic) bond motifs is 4. The monoisotopic (exact) mass is 373 g/mol. The van der Waals surface area contributed by atoms with E-state index in [0.29, 0.717) is 13.0 Å². The Balaban J connectivity index is 1.44. The Kier molecular flexibility index (Phi) is 3.90. The molecule has 0 unspecified atom stereocenters. The number of ether oxygens (including phenoxy) is 1. The number of carbonyl (C=O) groups excluding carboxylic acids is 1. The molecule has 0 aliphatic carbocycles. The summed E-state index contributed by atoms with van der Waals surface area (Å²) in [6.07, 6.45) is 1.28. The first-order chi connectivity index (χ1) is 13.6. The highest BCUT2D eigenvalue weighted by Gasteiger charge is 2.25. The molecule has 5 heteroatoms. The Morgan fingerprint density at radius 2 is 1.93 bits per heavy atom. The smallest absolute Gasteiger partial charge is 0.227 e. The number of methoxy groups -OCH3 is 1. The lowest BCUT2D eigenvalue weighted by Gasteiger charge is -2.27. The molecule has 1 aliphatic rings. The number of aryl methyl sites for hydroxylation is 1. The van der Waals surface area contributed by atoms with Crippen LogP contribution in [0.15, 0.2) is 42.5 Å². The highest BCUT2D eigenvalue weighted by molar-refractivity contribution is 5.91. The lowest BCUT2D eigenvalue weighted by molar-refractivity contribution is -0.131. The molecular formula is C23H23N3O2. The molecular weight excluding hydrogens is 350 g/mol. The second kappa shape index (κ2) is 6.44. The molecule has 5 rings (SSSR count). The minimum Gasteiger partial charge on any atom is -0.497 e. The van der Waals surface area contributed by atoms with E-state index >= 15 is 0 Å². The highest BCUT2D eigenvalue weighted by atomic mass is 16.5. The lowest BCUT2D eigenvalue weighted by Crippen LogP contribution is -2.36. The van der Waals surface area contributed by atoms with Gasteiger partial charge in [-0.25, -0.2) is 0 Å². The number of aromatic amines is 2. The van der Waals surface area contributed by atoms with Crippen LogP contribution in [0.5, 0.6) is 5.75 Å². The van der Waals surface area contributed by atoms with Gasteiger partial charge in [0.05, 0.1) is 13.5 Å². The van der Waals surface area contributed by atoms with Crippen LogP contribution in [0.25, 0.3) is 21.8 Å². The van der Waals surface area contributed by atoms with E-state index in [0.717, 1.165) is 51.8 Å². The predicted octanol–water partition coefficient (Wildman–Crippen LogP) is 4.09. The Morgan fingerprint density at radius 3 is 2.79 bits per heavy atom. The Labute approximate surface area is 163 Å². The molecule has 0 atom stereocenters. The van der Waals surface area contributed by atoms with Crippen LogP contribution in [0.2, 0.25) is 0 Å². The van der Waals surface area contributed by atoms with Crippen LogP contribution in [0.3, 0.4) is 0 Å². The second-order valence-corrected chi connectivity index (χ2v) is 7.51. The van der Waals surface area contributed by atoms with Gasteiger partial charge in [-0.1, -0.05) is 18.2 Å². The van der Waals surface area contributed by atoms with Crippen LogP contribution in [0.4, 0.5) is 0 Å². The molecule has 1 aliphatic heterocycles. The van der Waals surface area contributed by atoms with Gasteiger partial charge >= 0.3 is 0 Å². The number of aromatic nitrogens is 2. The van der Waals surface area contributed by atoms with E-state index in [9.17, 15) is 4.79 Å². The molecule has 142 valence electrons. The quantitative estimate of drug-likeness (QED) is 0.568. The number of rotatable bonds is 3. The first kappa shape index (κ1) is 16.9. The molecule has 0 saturated carbocycles. The number of carbonyl (C=O) groups is 1. The van der Waals surface area contributed by atoms with Crippen LogP contribution >= 0.6 is 0 Å². The average Bonchev–Trinajstić information content (AvgIpc) is 3.24. The third kappa shape index (κ3) is 2.66. The number of benzene rings is 2. The molecule has 3 heterocycles. The third-order valence-electron chi connectivity index (χ3n) is 5.89. The average molecular weight is 373 g/mol. The summed E-state index contributed by atoms with van der Waals surface area (Å²) in [6.45, 7) is 3.43. The van der Waals surface area contributed by atoms with Gasteiger partial charge in [0.25, 0.3) is 0 Å². The van der Waals surface area contributed by atoms with Crippen LogP contribution in [0, 0.1) is 6.92 Å². The number of nitrogens with zero attached hydrogens (tertiary/aromatic N) is 1. The van der Waals surface area contributed by atoms with Crippen molar-refractivity contribution in [1.82, 2.24) is 14.9 Å². The van der Waals surface area contributed by atoms with Gasteiger partial charge in [0.15, 0.2) is 0 Å². The first-order valence-corrected chi connectivity index (χ1v) is 9.65. The Hall–Kier alpha value is -3.21. The zero-order valence-electron chi connectivity index (χ0n) is 16.1. The van der Waals surface area contributed by atoms with Crippen LogP contribution in [-0.2, 0) is 24.2 Å². The van der Waals surface area contributed by atoms with Crippen molar-refractivity contribution in [1.29, 1.82) is 0 Å². The molecule has 0 bridgehead atoms. The molecule has 4 aromatic rings. The summed E-state index contributed by atoms with van der Waals surface area (Å²) in [6, 6.07) is 14.3. The normalized spacial score (nSPS) is 13.9. The lowest BCUT2D eigenvalue weighted by atomic mass is 10.0. The molecule has 2 aromatic carbocycles. The SMILES string of the molecule is COc1ccc2[nH]c3c(c2c1)CN(C(=O)Cc1c(C)[nH]c2ccccc12)CC3. The van der Waals surface area contributed by atoms with Crippen molar-refractivity contribution in [3.05, 3.63) is 65.0 Å². The molecule has 0 radical (unpaired) electrons. The number of hydrogen-bond donors (Lipinski definition) is 2. The molecule has 2 N–H and O–H groups in total. The predicted molar refractivity (Wildman–Crippen MR) is 111 cm³/mol. The molecule has 0 saturated heterocycles. The van der Waals surface area contributed by atoms with Crippen molar-refractivity contribution < 1.29 is 9.53 Å². The maximum atomic E-state index is 13.1. The Bertz CT molecular complexity index is 1200. The molecule has 0 fully saturated rings. The molecule has 1 amide bonds. The number of H-pyrrole nitrogens is 2. The summed E-state index contributed by atoms with van der Waals surface area (Å²) in [4.78, 5) is 22.0. The minimum atomic E-state index is 0.177. The molecule has 5 nitrogen and oxygen atoms in total. The van der Waals surface area contributed by atoms with Crippen molar-refractivity contribution >= 4 is 27.7 Å². The van der Waals surface area contributed by atoms with E-state index < -0.39 is 0 Å². The van der Waals surface area contributed by atoms with Crippen LogP contribution in [0.1, 0.15) is 22.5 Å². The van der Waals surface area contributed by atoms with Gasteiger partial charge in [-0.3, -0.25) is 4.79 Å². The topological polar surface area (TPSA) is 61.1 Å². The van der Waals surface area contributed by atoms with Crippen molar-refractivity contribution in [2.75, 3.05) is 13.7 Å². The second-order valence-electron chi connectivity index (χ2n) is 7.51. The van der Waals surface area contributed by atoms with Crippen molar-refractivity contribution in [2.24, 2.45) is 0 Å². The Morgan fingerprint density at radius 1 is 1.11 bits per heavy atom. The fourth-order valence-corrected chi connectivity index (χ4v) is 4.36. The van der Waals surface area contributed by atoms with Gasteiger partial charge in [-0.2, -0.15) is 0 Å². The van der Waals surface area contributed by atoms with Crippen molar-refractivity contribution in [3.8, 4) is 5.75 Å². The maximum absolute atomic E-state index is 13.1. The standard InChI is InChI=1S/C23H23N3O2/c1-14-17(16-5-3-4-6-20(16)24-14)12-23(27)26-10-9-22-19(13-26)18-11-15(28-2)7-8-21(18)25-22/h3-8,11,24-25H,9-10,12-13H2,1-2H3. The van der Waals surface area contributed by atoms with Crippen molar-refractivity contribution in [3.63, 3.8) is 0 Å². The van der Waals surface area contributed by atoms with E-state index in [1.165, 1.54) is 11.3 Å². The van der Waals surface area contributed by atoms with E-state index in [-0.39, 0.29) is 5.91 Å². The largest absolute Gasteiger partial charge is 0.497 e. The summed E-state index contributed by atoms with van der Waals surface area (Å²) in [5, 5.41) is 2.29. The molecule has 28 heavy (non-hydrogen) atoms. The number of nitrogens with one attached hydrogen (secondary N) is 2. The van der Waals surface area contributed by atoms with Gasteiger partial charge in [0.2, 0.25) is 5.91 Å². The first-order valence-electron chi connectivity index (χ1n) is 9.65. The number of para-hydroxylation sites is 1. The molecule has 0 spiro atoms. The van der Waals surface area contributed by atoms with E-state index in [4.69, 9.17) is 4.74 Å². The van der Waals surface area contributed by atoms with E-state index in [1.807, 2.05) is 36.1 Å². The molecule has 2 aromatic heterocycles. The van der Waals surface area contributed by atoms with Crippen LogP contribution in [-0.4, -0.2) is 34.4 Å². The highest BCUT2D eigenvalue weighted by Crippen LogP contribution is 2.31. The summed E-state index contributed by atoms with van der Waals surface area (Å²) >= 11 is 0. The van der Waals surface area contributed by atoms with Gasteiger partial charge in [-0.05, 0) is 36.8 Å². The number of hydrogen-bond acceptors (Lipinski definition) is 2. The summed E-state index contributed by atoms with van der Waals surface area (Å²) in [7, 11) is 1.68. The van der Waals surface area contributed by atoms with Crippen molar-refractivity contribution in [2.45, 2.75) is 26.3 Å².